The van der Waals surface area contributed by atoms with E-state index in [-0.39, 0.29) is 5.41 Å². The third-order valence-electron chi connectivity index (χ3n) is 2.43. The highest BCUT2D eigenvalue weighted by atomic mass is 14.9. The van der Waals surface area contributed by atoms with Gasteiger partial charge in [0.05, 0.1) is 11.5 Å². The SMILES string of the molecule is CC(C)CC(C)(C)CNCC(C)(C)C#N. The van der Waals surface area contributed by atoms with Gasteiger partial charge in [0, 0.05) is 13.1 Å². The predicted octanol–water partition coefficient (Wildman–Crippen LogP) is 3.20. The molecule has 0 radical (unpaired) electrons. The van der Waals surface area contributed by atoms with E-state index in [4.69, 9.17) is 5.26 Å². The molecule has 0 aliphatic heterocycles. The predicted molar refractivity (Wildman–Crippen MR) is 65.5 cm³/mol. The molecule has 0 aromatic carbocycles. The highest BCUT2D eigenvalue weighted by molar-refractivity contribution is 4.93. The molecule has 0 heterocycles. The number of rotatable bonds is 6. The van der Waals surface area contributed by atoms with Gasteiger partial charge in [-0.2, -0.15) is 5.26 Å². The van der Waals surface area contributed by atoms with Gasteiger partial charge in [-0.1, -0.05) is 27.7 Å². The molecule has 0 aliphatic rings. The van der Waals surface area contributed by atoms with Gasteiger partial charge >= 0.3 is 0 Å². The van der Waals surface area contributed by atoms with Gasteiger partial charge in [-0.15, -0.1) is 0 Å². The van der Waals surface area contributed by atoms with Gasteiger partial charge < -0.3 is 5.32 Å². The van der Waals surface area contributed by atoms with Crippen molar-refractivity contribution in [2.75, 3.05) is 13.1 Å². The van der Waals surface area contributed by atoms with E-state index in [1.807, 2.05) is 13.8 Å². The maximum absolute atomic E-state index is 8.88. The molecule has 0 unspecified atom stereocenters. The Bertz CT molecular complexity index is 221. The largest absolute Gasteiger partial charge is 0.315 e. The van der Waals surface area contributed by atoms with Crippen molar-refractivity contribution in [1.29, 1.82) is 5.26 Å². The van der Waals surface area contributed by atoms with Gasteiger partial charge in [0.25, 0.3) is 0 Å². The van der Waals surface area contributed by atoms with Crippen LogP contribution in [0.15, 0.2) is 0 Å². The molecule has 0 fully saturated rings. The second kappa shape index (κ2) is 5.51. The first-order valence-electron chi connectivity index (χ1n) is 5.80. The van der Waals surface area contributed by atoms with E-state index in [1.54, 1.807) is 0 Å². The van der Waals surface area contributed by atoms with Crippen LogP contribution in [0.4, 0.5) is 0 Å². The summed E-state index contributed by atoms with van der Waals surface area (Å²) in [5.74, 6) is 0.728. The van der Waals surface area contributed by atoms with Crippen LogP contribution in [-0.4, -0.2) is 13.1 Å². The zero-order valence-electron chi connectivity index (χ0n) is 11.1. The molecule has 0 aromatic rings. The first-order chi connectivity index (χ1) is 6.68. The maximum Gasteiger partial charge on any atom is 0.0697 e. The summed E-state index contributed by atoms with van der Waals surface area (Å²) in [5, 5.41) is 12.3. The summed E-state index contributed by atoms with van der Waals surface area (Å²) >= 11 is 0. The van der Waals surface area contributed by atoms with Gasteiger partial charge in [0.2, 0.25) is 0 Å². The summed E-state index contributed by atoms with van der Waals surface area (Å²) in [5.41, 5.74) is 0.0631. The monoisotopic (exact) mass is 210 g/mol. The molecule has 0 saturated carbocycles. The van der Waals surface area contributed by atoms with Crippen LogP contribution < -0.4 is 5.32 Å². The van der Waals surface area contributed by atoms with Crippen LogP contribution in [-0.2, 0) is 0 Å². The summed E-state index contributed by atoms with van der Waals surface area (Å²) < 4.78 is 0. The van der Waals surface area contributed by atoms with Gasteiger partial charge in [0.1, 0.15) is 0 Å². The number of hydrogen-bond donors (Lipinski definition) is 1. The van der Waals surface area contributed by atoms with Crippen LogP contribution in [0.5, 0.6) is 0 Å². The summed E-state index contributed by atoms with van der Waals surface area (Å²) in [4.78, 5) is 0. The minimum Gasteiger partial charge on any atom is -0.315 e. The minimum absolute atomic E-state index is 0.256. The Morgan fingerprint density at radius 1 is 1.13 bits per heavy atom. The molecule has 0 rings (SSSR count). The van der Waals surface area contributed by atoms with Crippen molar-refractivity contribution < 1.29 is 0 Å². The van der Waals surface area contributed by atoms with E-state index in [2.05, 4.69) is 39.1 Å². The zero-order valence-corrected chi connectivity index (χ0v) is 11.1. The maximum atomic E-state index is 8.88. The van der Waals surface area contributed by atoms with Crippen LogP contribution in [0.3, 0.4) is 0 Å². The molecular weight excluding hydrogens is 184 g/mol. The first-order valence-corrected chi connectivity index (χ1v) is 5.80. The summed E-state index contributed by atoms with van der Waals surface area (Å²) in [7, 11) is 0. The molecule has 0 amide bonds. The van der Waals surface area contributed by atoms with Crippen molar-refractivity contribution in [3.8, 4) is 6.07 Å². The molecular formula is C13H26N2. The summed E-state index contributed by atoms with van der Waals surface area (Å²) in [6.45, 7) is 14.7. The lowest BCUT2D eigenvalue weighted by molar-refractivity contribution is 0.263. The van der Waals surface area contributed by atoms with Crippen LogP contribution in [0.1, 0.15) is 48.0 Å². The van der Waals surface area contributed by atoms with E-state index in [1.165, 1.54) is 6.42 Å². The number of nitrogens with zero attached hydrogens (tertiary/aromatic N) is 1. The smallest absolute Gasteiger partial charge is 0.0697 e. The lowest BCUT2D eigenvalue weighted by Crippen LogP contribution is -2.36. The topological polar surface area (TPSA) is 35.8 Å². The average Bonchev–Trinajstić information content (AvgIpc) is 2.00. The molecule has 1 N–H and O–H groups in total. The lowest BCUT2D eigenvalue weighted by atomic mass is 9.83. The zero-order chi connectivity index (χ0) is 12.1. The van der Waals surface area contributed by atoms with Crippen molar-refractivity contribution >= 4 is 0 Å². The Kier molecular flexibility index (Phi) is 5.31. The molecule has 2 heteroatoms. The third-order valence-corrected chi connectivity index (χ3v) is 2.43. The fourth-order valence-electron chi connectivity index (χ4n) is 1.93. The van der Waals surface area contributed by atoms with Crippen LogP contribution in [0.25, 0.3) is 0 Å². The van der Waals surface area contributed by atoms with E-state index in [9.17, 15) is 0 Å². The Balaban J connectivity index is 3.91. The fraction of sp³-hybridized carbons (Fsp3) is 0.923. The Labute approximate surface area is 95.1 Å². The second-order valence-corrected chi connectivity index (χ2v) is 6.36. The Hall–Kier alpha value is -0.550. The van der Waals surface area contributed by atoms with Gasteiger partial charge in [0.15, 0.2) is 0 Å². The summed E-state index contributed by atoms with van der Waals surface area (Å²) in [6.07, 6.45) is 1.22. The number of nitrogens with one attached hydrogen (secondary N) is 1. The van der Waals surface area contributed by atoms with Crippen LogP contribution in [0.2, 0.25) is 0 Å². The van der Waals surface area contributed by atoms with Crippen molar-refractivity contribution in [2.45, 2.75) is 48.0 Å². The average molecular weight is 210 g/mol. The van der Waals surface area contributed by atoms with Gasteiger partial charge in [-0.3, -0.25) is 0 Å². The molecule has 0 bridgehead atoms. The number of hydrogen-bond acceptors (Lipinski definition) is 2. The minimum atomic E-state index is -0.256. The molecule has 0 saturated heterocycles. The lowest BCUT2D eigenvalue weighted by Gasteiger charge is -2.28. The molecule has 2 nitrogen and oxygen atoms in total. The van der Waals surface area contributed by atoms with E-state index in [0.717, 1.165) is 19.0 Å². The van der Waals surface area contributed by atoms with Crippen LogP contribution >= 0.6 is 0 Å². The van der Waals surface area contributed by atoms with Crippen molar-refractivity contribution in [1.82, 2.24) is 5.32 Å². The third kappa shape index (κ3) is 7.39. The van der Waals surface area contributed by atoms with Crippen molar-refractivity contribution in [3.63, 3.8) is 0 Å². The van der Waals surface area contributed by atoms with Crippen molar-refractivity contribution in [2.24, 2.45) is 16.7 Å². The van der Waals surface area contributed by atoms with Gasteiger partial charge in [-0.25, -0.2) is 0 Å². The standard InChI is InChI=1S/C13H26N2/c1-11(2)7-12(3,4)9-15-10-13(5,6)8-14/h11,15H,7,9-10H2,1-6H3. The molecule has 0 spiro atoms. The molecule has 88 valence electrons. The normalized spacial score (nSPS) is 12.9. The highest BCUT2D eigenvalue weighted by Crippen LogP contribution is 2.24. The quantitative estimate of drug-likeness (QED) is 0.731. The molecule has 0 aliphatic carbocycles. The van der Waals surface area contributed by atoms with Crippen LogP contribution in [0, 0.1) is 28.1 Å². The Morgan fingerprint density at radius 3 is 2.07 bits per heavy atom. The van der Waals surface area contributed by atoms with Gasteiger partial charge in [-0.05, 0) is 31.6 Å². The van der Waals surface area contributed by atoms with E-state index >= 15 is 0 Å². The fourth-order valence-corrected chi connectivity index (χ4v) is 1.93. The molecule has 15 heavy (non-hydrogen) atoms. The van der Waals surface area contributed by atoms with E-state index < -0.39 is 0 Å². The van der Waals surface area contributed by atoms with Crippen molar-refractivity contribution in [3.05, 3.63) is 0 Å². The van der Waals surface area contributed by atoms with E-state index in [0.29, 0.717) is 5.41 Å². The molecule has 0 aromatic heterocycles. The summed E-state index contributed by atoms with van der Waals surface area (Å²) in [6, 6.07) is 2.31. The first kappa shape index (κ1) is 14.5. The second-order valence-electron chi connectivity index (χ2n) is 6.36. The number of nitriles is 1. The Morgan fingerprint density at radius 2 is 1.67 bits per heavy atom. The highest BCUT2D eigenvalue weighted by Gasteiger charge is 2.21. The molecule has 0 atom stereocenters.